The van der Waals surface area contributed by atoms with Crippen molar-refractivity contribution in [1.82, 2.24) is 0 Å². The average molecular weight is 419 g/mol. The lowest BCUT2D eigenvalue weighted by molar-refractivity contribution is -0.385. The molecule has 3 aromatic rings. The Morgan fingerprint density at radius 1 is 0.581 bits per heavy atom. The summed E-state index contributed by atoms with van der Waals surface area (Å²) >= 11 is 0. The monoisotopic (exact) mass is 419 g/mol. The Kier molecular flexibility index (Phi) is 5.92. The van der Waals surface area contributed by atoms with E-state index in [1.807, 2.05) is 0 Å². The van der Waals surface area contributed by atoms with Crippen molar-refractivity contribution in [3.8, 4) is 0 Å². The van der Waals surface area contributed by atoms with Crippen LogP contribution >= 0.6 is 0 Å². The number of carbonyl (C=O) groups excluding carboxylic acids is 1. The van der Waals surface area contributed by atoms with Crippen molar-refractivity contribution in [2.24, 2.45) is 0 Å². The van der Waals surface area contributed by atoms with Gasteiger partial charge in [-0.05, 0) is 53.6 Å². The first kappa shape index (κ1) is 21.0. The van der Waals surface area contributed by atoms with Crippen molar-refractivity contribution in [2.75, 3.05) is 0 Å². The smallest absolute Gasteiger partial charge is 0.269 e. The molecule has 0 unspecified atom stereocenters. The number of nitro benzene ring substituents is 3. The number of ketones is 1. The summed E-state index contributed by atoms with van der Waals surface area (Å²) in [7, 11) is 0. The maximum atomic E-state index is 13.1. The molecule has 0 saturated carbocycles. The number of hydrogen-bond acceptors (Lipinski definition) is 7. The molecule has 0 aliphatic rings. The van der Waals surface area contributed by atoms with Crippen LogP contribution in [0.3, 0.4) is 0 Å². The summed E-state index contributed by atoms with van der Waals surface area (Å²) < 4.78 is 0. The Balaban J connectivity index is 2.06. The minimum absolute atomic E-state index is 0.115. The molecule has 0 amide bonds. The van der Waals surface area contributed by atoms with Crippen LogP contribution in [0.15, 0.2) is 72.8 Å². The largest absolute Gasteiger partial charge is 0.289 e. The van der Waals surface area contributed by atoms with Crippen LogP contribution in [-0.4, -0.2) is 20.6 Å². The Morgan fingerprint density at radius 3 is 1.32 bits per heavy atom. The lowest BCUT2D eigenvalue weighted by Crippen LogP contribution is -2.03. The zero-order valence-corrected chi connectivity index (χ0v) is 15.7. The van der Waals surface area contributed by atoms with Crippen molar-refractivity contribution in [2.45, 2.75) is 0 Å². The third-order valence-electron chi connectivity index (χ3n) is 4.39. The van der Waals surface area contributed by atoms with Gasteiger partial charge in [0.15, 0.2) is 5.78 Å². The number of benzene rings is 3. The highest BCUT2D eigenvalue weighted by Gasteiger charge is 2.17. The van der Waals surface area contributed by atoms with Crippen molar-refractivity contribution in [3.63, 3.8) is 0 Å². The molecule has 0 aromatic heterocycles. The number of nitrogens with zero attached hydrogens (tertiary/aromatic N) is 3. The Morgan fingerprint density at radius 2 is 0.935 bits per heavy atom. The lowest BCUT2D eigenvalue weighted by atomic mass is 9.94. The number of rotatable bonds is 7. The molecular formula is C21H13N3O7. The lowest BCUT2D eigenvalue weighted by Gasteiger charge is -2.08. The summed E-state index contributed by atoms with van der Waals surface area (Å²) in [6.45, 7) is 0. The van der Waals surface area contributed by atoms with Crippen molar-refractivity contribution in [3.05, 3.63) is 120 Å². The molecule has 0 spiro atoms. The van der Waals surface area contributed by atoms with Gasteiger partial charge in [-0.1, -0.05) is 0 Å². The fourth-order valence-electron chi connectivity index (χ4n) is 2.79. The highest BCUT2D eigenvalue weighted by molar-refractivity contribution is 6.32. The van der Waals surface area contributed by atoms with Gasteiger partial charge in [0.05, 0.1) is 14.8 Å². The second kappa shape index (κ2) is 8.74. The second-order valence-corrected chi connectivity index (χ2v) is 6.34. The molecule has 10 heteroatoms. The molecular weight excluding hydrogens is 406 g/mol. The minimum Gasteiger partial charge on any atom is -0.289 e. The molecule has 0 saturated heterocycles. The zero-order chi connectivity index (χ0) is 22.5. The summed E-state index contributed by atoms with van der Waals surface area (Å²) in [6, 6.07) is 15.9. The second-order valence-electron chi connectivity index (χ2n) is 6.34. The van der Waals surface area contributed by atoms with Gasteiger partial charge in [-0.15, -0.1) is 0 Å². The molecule has 0 aliphatic heterocycles. The van der Waals surface area contributed by atoms with Gasteiger partial charge < -0.3 is 0 Å². The van der Waals surface area contributed by atoms with Crippen LogP contribution in [-0.2, 0) is 0 Å². The van der Waals surface area contributed by atoms with Gasteiger partial charge in [0.2, 0.25) is 0 Å². The van der Waals surface area contributed by atoms with Gasteiger partial charge >= 0.3 is 0 Å². The van der Waals surface area contributed by atoms with E-state index in [0.717, 1.165) is 0 Å². The fraction of sp³-hybridized carbons (Fsp3) is 0. The van der Waals surface area contributed by atoms with E-state index in [-0.39, 0.29) is 28.2 Å². The molecule has 0 atom stereocenters. The summed E-state index contributed by atoms with van der Waals surface area (Å²) in [5.41, 5.74) is 0.779. The third kappa shape index (κ3) is 4.82. The molecule has 10 nitrogen and oxygen atoms in total. The van der Waals surface area contributed by atoms with E-state index in [1.165, 1.54) is 78.9 Å². The van der Waals surface area contributed by atoms with Gasteiger partial charge in [0.25, 0.3) is 17.1 Å². The Bertz CT molecular complexity index is 1200. The summed E-state index contributed by atoms with van der Waals surface area (Å²) in [6.07, 6.45) is 1.49. The van der Waals surface area contributed by atoms with E-state index in [1.54, 1.807) is 0 Å². The predicted molar refractivity (Wildman–Crippen MR) is 111 cm³/mol. The Labute approximate surface area is 174 Å². The van der Waals surface area contributed by atoms with Crippen LogP contribution in [0.1, 0.15) is 21.5 Å². The number of hydrogen-bond donors (Lipinski definition) is 0. The third-order valence-corrected chi connectivity index (χ3v) is 4.39. The van der Waals surface area contributed by atoms with E-state index in [9.17, 15) is 35.1 Å². The molecule has 0 bridgehead atoms. The summed E-state index contributed by atoms with van der Waals surface area (Å²) in [5.74, 6) is -0.470. The predicted octanol–water partition coefficient (Wildman–Crippen LogP) is 4.83. The number of allylic oxidation sites excluding steroid dienone is 1. The first-order valence-corrected chi connectivity index (χ1v) is 8.76. The van der Waals surface area contributed by atoms with Gasteiger partial charge in [0.1, 0.15) is 0 Å². The number of non-ortho nitro benzene ring substituents is 3. The summed E-state index contributed by atoms with van der Waals surface area (Å²) in [4.78, 5) is 44.1. The molecule has 0 fully saturated rings. The van der Waals surface area contributed by atoms with Crippen LogP contribution in [0.4, 0.5) is 17.1 Å². The molecule has 0 radical (unpaired) electrons. The standard InChI is InChI=1S/C21H13N3O7/c25-21(16-5-11-19(12-6-16)24(30)31)20(15-3-9-18(10-4-15)23(28)29)13-14-1-7-17(8-2-14)22(26)27/h1-13H/b20-13+. The molecule has 0 N–H and O–H groups in total. The summed E-state index contributed by atoms with van der Waals surface area (Å²) in [5, 5.41) is 32.6. The number of Topliss-reactive ketones (excluding diaryl/α,β-unsaturated/α-hetero) is 1. The van der Waals surface area contributed by atoms with Gasteiger partial charge in [-0.3, -0.25) is 35.1 Å². The van der Waals surface area contributed by atoms with Crippen molar-refractivity contribution in [1.29, 1.82) is 0 Å². The molecule has 0 heterocycles. The highest BCUT2D eigenvalue weighted by Crippen LogP contribution is 2.26. The van der Waals surface area contributed by atoms with Crippen LogP contribution < -0.4 is 0 Å². The van der Waals surface area contributed by atoms with Crippen LogP contribution in [0.2, 0.25) is 0 Å². The Hall–Kier alpha value is -4.73. The van der Waals surface area contributed by atoms with Crippen LogP contribution in [0.5, 0.6) is 0 Å². The van der Waals surface area contributed by atoms with Gasteiger partial charge in [-0.2, -0.15) is 0 Å². The SMILES string of the molecule is O=C(/C(=C/c1ccc([N+](=O)[O-])cc1)c1ccc([N+](=O)[O-])cc1)c1ccc([N+](=O)[O-])cc1. The van der Waals surface area contributed by atoms with Gasteiger partial charge in [-0.25, -0.2) is 0 Å². The molecule has 3 rings (SSSR count). The molecule has 31 heavy (non-hydrogen) atoms. The maximum absolute atomic E-state index is 13.1. The van der Waals surface area contributed by atoms with Crippen molar-refractivity contribution >= 4 is 34.5 Å². The normalized spacial score (nSPS) is 11.0. The molecule has 0 aliphatic carbocycles. The van der Waals surface area contributed by atoms with Gasteiger partial charge in [0, 0.05) is 47.5 Å². The number of nitro groups is 3. The first-order chi connectivity index (χ1) is 14.8. The van der Waals surface area contributed by atoms with E-state index >= 15 is 0 Å². The zero-order valence-electron chi connectivity index (χ0n) is 15.7. The van der Waals surface area contributed by atoms with E-state index < -0.39 is 20.6 Å². The molecule has 3 aromatic carbocycles. The minimum atomic E-state index is -0.585. The first-order valence-electron chi connectivity index (χ1n) is 8.76. The fourth-order valence-corrected chi connectivity index (χ4v) is 2.79. The average Bonchev–Trinajstić information content (AvgIpc) is 2.77. The van der Waals surface area contributed by atoms with Crippen LogP contribution in [0, 0.1) is 30.3 Å². The van der Waals surface area contributed by atoms with E-state index in [4.69, 9.17) is 0 Å². The van der Waals surface area contributed by atoms with Crippen LogP contribution in [0.25, 0.3) is 11.6 Å². The maximum Gasteiger partial charge on any atom is 0.269 e. The molecule has 154 valence electrons. The van der Waals surface area contributed by atoms with Crippen molar-refractivity contribution < 1.29 is 19.6 Å². The quantitative estimate of drug-likeness (QED) is 0.175. The topological polar surface area (TPSA) is 146 Å². The number of carbonyl (C=O) groups is 1. The van der Waals surface area contributed by atoms with E-state index in [2.05, 4.69) is 0 Å². The highest BCUT2D eigenvalue weighted by atomic mass is 16.6. The van der Waals surface area contributed by atoms with E-state index in [0.29, 0.717) is 11.1 Å².